The fourth-order valence-electron chi connectivity index (χ4n) is 2.64. The Bertz CT molecular complexity index is 772. The van der Waals surface area contributed by atoms with E-state index in [1.165, 1.54) is 7.11 Å². The van der Waals surface area contributed by atoms with Gasteiger partial charge in [-0.1, -0.05) is 38.4 Å². The van der Waals surface area contributed by atoms with Crippen molar-refractivity contribution in [3.63, 3.8) is 0 Å². The standard InChI is InChI=1S/C20H24ClNO3/c1-5-8-25-19-9-13(6-7-17(19)21)15-10-16(20(23)24-4)18(22)11-14(15)12(2)3/h6-7,9-12H,5,8,22H2,1-4H3. The number of methoxy groups -OCH3 is 1. The van der Waals surface area contributed by atoms with Crippen LogP contribution in [0.4, 0.5) is 5.69 Å². The van der Waals surface area contributed by atoms with Gasteiger partial charge in [0.05, 0.1) is 24.3 Å². The molecule has 0 heterocycles. The minimum Gasteiger partial charge on any atom is -0.492 e. The van der Waals surface area contributed by atoms with E-state index in [1.54, 1.807) is 12.1 Å². The van der Waals surface area contributed by atoms with E-state index >= 15 is 0 Å². The first-order valence-corrected chi connectivity index (χ1v) is 8.71. The SMILES string of the molecule is CCCOc1cc(-c2cc(C(=O)OC)c(N)cc2C(C)C)ccc1Cl. The normalized spacial score (nSPS) is 10.8. The van der Waals surface area contributed by atoms with Crippen molar-refractivity contribution in [3.05, 3.63) is 46.5 Å². The average Bonchev–Trinajstić information content (AvgIpc) is 2.60. The Labute approximate surface area is 153 Å². The Balaban J connectivity index is 2.62. The van der Waals surface area contributed by atoms with Gasteiger partial charge < -0.3 is 15.2 Å². The molecule has 134 valence electrons. The third kappa shape index (κ3) is 4.26. The molecule has 5 heteroatoms. The molecule has 0 aliphatic carbocycles. The minimum atomic E-state index is -0.453. The van der Waals surface area contributed by atoms with Crippen molar-refractivity contribution in [2.45, 2.75) is 33.1 Å². The predicted molar refractivity (Wildman–Crippen MR) is 103 cm³/mol. The van der Waals surface area contributed by atoms with Crippen LogP contribution in [-0.2, 0) is 4.74 Å². The number of benzene rings is 2. The van der Waals surface area contributed by atoms with Crippen LogP contribution in [0, 0.1) is 0 Å². The van der Waals surface area contributed by atoms with Gasteiger partial charge in [-0.15, -0.1) is 0 Å². The summed E-state index contributed by atoms with van der Waals surface area (Å²) in [6, 6.07) is 9.24. The van der Waals surface area contributed by atoms with Gasteiger partial charge in [-0.2, -0.15) is 0 Å². The molecule has 0 radical (unpaired) electrons. The van der Waals surface area contributed by atoms with Gasteiger partial charge in [-0.05, 0) is 53.3 Å². The molecular formula is C20H24ClNO3. The summed E-state index contributed by atoms with van der Waals surface area (Å²) < 4.78 is 10.6. The lowest BCUT2D eigenvalue weighted by Gasteiger charge is -2.17. The quantitative estimate of drug-likeness (QED) is 0.561. The zero-order valence-electron chi connectivity index (χ0n) is 15.1. The lowest BCUT2D eigenvalue weighted by Crippen LogP contribution is -2.08. The molecule has 2 rings (SSSR count). The topological polar surface area (TPSA) is 61.5 Å². The summed E-state index contributed by atoms with van der Waals surface area (Å²) in [5.74, 6) is 0.414. The molecule has 0 aromatic heterocycles. The highest BCUT2D eigenvalue weighted by atomic mass is 35.5. The Kier molecular flexibility index (Phi) is 6.32. The monoisotopic (exact) mass is 361 g/mol. The highest BCUT2D eigenvalue weighted by Gasteiger charge is 2.18. The second-order valence-electron chi connectivity index (χ2n) is 6.17. The summed E-state index contributed by atoms with van der Waals surface area (Å²) in [6.45, 7) is 6.80. The summed E-state index contributed by atoms with van der Waals surface area (Å²) >= 11 is 6.23. The molecule has 0 aliphatic rings. The second kappa shape index (κ2) is 8.26. The van der Waals surface area contributed by atoms with E-state index in [0.29, 0.717) is 28.6 Å². The van der Waals surface area contributed by atoms with Crippen LogP contribution < -0.4 is 10.5 Å². The van der Waals surface area contributed by atoms with Gasteiger partial charge in [0.1, 0.15) is 5.75 Å². The first-order valence-electron chi connectivity index (χ1n) is 8.33. The maximum atomic E-state index is 12.0. The lowest BCUT2D eigenvalue weighted by molar-refractivity contribution is 0.0602. The molecule has 0 bridgehead atoms. The molecule has 0 atom stereocenters. The molecule has 0 amide bonds. The lowest BCUT2D eigenvalue weighted by atomic mass is 9.90. The first-order chi connectivity index (χ1) is 11.9. The smallest absolute Gasteiger partial charge is 0.339 e. The van der Waals surface area contributed by atoms with Crippen LogP contribution in [-0.4, -0.2) is 19.7 Å². The van der Waals surface area contributed by atoms with Crippen molar-refractivity contribution in [2.75, 3.05) is 19.5 Å². The van der Waals surface area contributed by atoms with Crippen LogP contribution in [0.15, 0.2) is 30.3 Å². The second-order valence-corrected chi connectivity index (χ2v) is 6.57. The third-order valence-corrected chi connectivity index (χ3v) is 4.27. The molecule has 25 heavy (non-hydrogen) atoms. The number of esters is 1. The van der Waals surface area contributed by atoms with Crippen molar-refractivity contribution in [1.82, 2.24) is 0 Å². The molecule has 2 N–H and O–H groups in total. The van der Waals surface area contributed by atoms with Crippen LogP contribution in [0.25, 0.3) is 11.1 Å². The van der Waals surface area contributed by atoms with Crippen molar-refractivity contribution >= 4 is 23.3 Å². The van der Waals surface area contributed by atoms with Gasteiger partial charge in [0.2, 0.25) is 0 Å². The van der Waals surface area contributed by atoms with Crippen molar-refractivity contribution in [3.8, 4) is 16.9 Å². The van der Waals surface area contributed by atoms with Gasteiger partial charge in [0.15, 0.2) is 0 Å². The fourth-order valence-corrected chi connectivity index (χ4v) is 2.81. The van der Waals surface area contributed by atoms with Gasteiger partial charge in [-0.25, -0.2) is 4.79 Å². The number of rotatable bonds is 6. The van der Waals surface area contributed by atoms with Crippen LogP contribution in [0.2, 0.25) is 5.02 Å². The van der Waals surface area contributed by atoms with Crippen LogP contribution in [0.5, 0.6) is 5.75 Å². The third-order valence-electron chi connectivity index (χ3n) is 3.95. The number of hydrogen-bond acceptors (Lipinski definition) is 4. The van der Waals surface area contributed by atoms with E-state index in [0.717, 1.165) is 23.1 Å². The van der Waals surface area contributed by atoms with Crippen LogP contribution in [0.1, 0.15) is 49.0 Å². The Morgan fingerprint density at radius 2 is 1.96 bits per heavy atom. The first kappa shape index (κ1) is 19.1. The molecule has 0 spiro atoms. The van der Waals surface area contributed by atoms with Crippen molar-refractivity contribution in [2.24, 2.45) is 0 Å². The molecule has 0 fully saturated rings. The van der Waals surface area contributed by atoms with E-state index in [2.05, 4.69) is 13.8 Å². The number of carbonyl (C=O) groups excluding carboxylic acids is 1. The molecule has 2 aromatic rings. The predicted octanol–water partition coefficient (Wildman–Crippen LogP) is 5.29. The molecule has 0 unspecified atom stereocenters. The molecule has 0 aliphatic heterocycles. The number of carbonyl (C=O) groups is 1. The van der Waals surface area contributed by atoms with E-state index < -0.39 is 5.97 Å². The van der Waals surface area contributed by atoms with Crippen molar-refractivity contribution in [1.29, 1.82) is 0 Å². The Hall–Kier alpha value is -2.20. The molecular weight excluding hydrogens is 338 g/mol. The van der Waals surface area contributed by atoms with Gasteiger partial charge in [-0.3, -0.25) is 0 Å². The summed E-state index contributed by atoms with van der Waals surface area (Å²) in [4.78, 5) is 12.0. The number of halogens is 1. The number of nitrogen functional groups attached to an aromatic ring is 1. The summed E-state index contributed by atoms with van der Waals surface area (Å²) in [6.07, 6.45) is 0.895. The van der Waals surface area contributed by atoms with E-state index in [-0.39, 0.29) is 5.92 Å². The highest BCUT2D eigenvalue weighted by Crippen LogP contribution is 2.37. The molecule has 4 nitrogen and oxygen atoms in total. The Morgan fingerprint density at radius 3 is 2.56 bits per heavy atom. The molecule has 0 saturated carbocycles. The van der Waals surface area contributed by atoms with Crippen LogP contribution >= 0.6 is 11.6 Å². The average molecular weight is 362 g/mol. The van der Waals surface area contributed by atoms with Gasteiger partial charge >= 0.3 is 5.97 Å². The summed E-state index contributed by atoms with van der Waals surface area (Å²) in [5, 5.41) is 0.562. The van der Waals surface area contributed by atoms with Gasteiger partial charge in [0, 0.05) is 5.69 Å². The molecule has 0 saturated heterocycles. The number of ether oxygens (including phenoxy) is 2. The van der Waals surface area contributed by atoms with E-state index in [4.69, 9.17) is 26.8 Å². The maximum Gasteiger partial charge on any atom is 0.339 e. The van der Waals surface area contributed by atoms with E-state index in [1.807, 2.05) is 25.1 Å². The number of anilines is 1. The largest absolute Gasteiger partial charge is 0.492 e. The minimum absolute atomic E-state index is 0.236. The fraction of sp³-hybridized carbons (Fsp3) is 0.350. The highest BCUT2D eigenvalue weighted by molar-refractivity contribution is 6.32. The Morgan fingerprint density at radius 1 is 1.24 bits per heavy atom. The summed E-state index contributed by atoms with van der Waals surface area (Å²) in [7, 11) is 1.34. The van der Waals surface area contributed by atoms with Crippen molar-refractivity contribution < 1.29 is 14.3 Å². The van der Waals surface area contributed by atoms with Crippen LogP contribution in [0.3, 0.4) is 0 Å². The number of nitrogens with two attached hydrogens (primary N) is 1. The zero-order chi connectivity index (χ0) is 18.6. The maximum absolute atomic E-state index is 12.0. The zero-order valence-corrected chi connectivity index (χ0v) is 15.8. The number of hydrogen-bond donors (Lipinski definition) is 1. The van der Waals surface area contributed by atoms with Gasteiger partial charge in [0.25, 0.3) is 0 Å². The summed E-state index contributed by atoms with van der Waals surface area (Å²) in [5.41, 5.74) is 9.71. The van der Waals surface area contributed by atoms with E-state index in [9.17, 15) is 4.79 Å². The molecule has 2 aromatic carbocycles.